The number of nitrogens with zero attached hydrogens (tertiary/aromatic N) is 4. The van der Waals surface area contributed by atoms with E-state index in [1.165, 1.54) is 6.42 Å². The highest BCUT2D eigenvalue weighted by Gasteiger charge is 2.29. The Balaban J connectivity index is 1.80. The summed E-state index contributed by atoms with van der Waals surface area (Å²) < 4.78 is 7.04. The van der Waals surface area contributed by atoms with Gasteiger partial charge in [0.2, 0.25) is 0 Å². The number of imidazole rings is 1. The summed E-state index contributed by atoms with van der Waals surface area (Å²) in [4.78, 5) is 22.5. The molecule has 1 fully saturated rings. The zero-order valence-electron chi connectivity index (χ0n) is 14.6. The predicted octanol–water partition coefficient (Wildman–Crippen LogP) is 0.535. The summed E-state index contributed by atoms with van der Waals surface area (Å²) in [6.07, 6.45) is 4.69. The fourth-order valence-electron chi connectivity index (χ4n) is 3.03. The van der Waals surface area contributed by atoms with E-state index in [2.05, 4.69) is 27.4 Å². The number of aliphatic imine (C=N–C) groups is 1. The van der Waals surface area contributed by atoms with E-state index in [4.69, 9.17) is 14.8 Å². The van der Waals surface area contributed by atoms with Crippen LogP contribution in [0.2, 0.25) is 0 Å². The third-order valence-corrected chi connectivity index (χ3v) is 4.31. The van der Waals surface area contributed by atoms with Crippen LogP contribution < -0.4 is 10.6 Å². The Labute approximate surface area is 147 Å². The molecule has 9 nitrogen and oxygen atoms in total. The monoisotopic (exact) mass is 350 g/mol. The average molecular weight is 350 g/mol. The lowest BCUT2D eigenvalue weighted by atomic mass is 10.2. The molecule has 1 unspecified atom stereocenters. The van der Waals surface area contributed by atoms with Crippen LogP contribution in [-0.2, 0) is 16.1 Å². The summed E-state index contributed by atoms with van der Waals surface area (Å²) in [7, 11) is 0. The number of anilines is 1. The molecule has 25 heavy (non-hydrogen) atoms. The molecule has 0 bridgehead atoms. The molecule has 0 aromatic carbocycles. The highest BCUT2D eigenvalue weighted by atomic mass is 16.5. The first-order chi connectivity index (χ1) is 12.2. The van der Waals surface area contributed by atoms with Gasteiger partial charge in [-0.05, 0) is 13.0 Å². The first-order valence-corrected chi connectivity index (χ1v) is 8.86. The van der Waals surface area contributed by atoms with Crippen LogP contribution in [0.4, 0.5) is 5.82 Å². The predicted molar refractivity (Wildman–Crippen MR) is 93.7 cm³/mol. The molecule has 3 N–H and O–H groups in total. The second-order valence-electron chi connectivity index (χ2n) is 6.22. The molecule has 1 saturated heterocycles. The third-order valence-electron chi connectivity index (χ3n) is 4.31. The van der Waals surface area contributed by atoms with Crippen molar-refractivity contribution in [2.24, 2.45) is 4.99 Å². The maximum absolute atomic E-state index is 11.1. The molecule has 0 spiro atoms. The van der Waals surface area contributed by atoms with Crippen molar-refractivity contribution in [1.29, 1.82) is 0 Å². The Morgan fingerprint density at radius 1 is 1.44 bits per heavy atom. The SMILES string of the molecule is CCCCCNC1N=C(N2CCOCC2)c2ncn(CC(=O)O)c2N1. The fraction of sp³-hybridized carbons (Fsp3) is 0.688. The summed E-state index contributed by atoms with van der Waals surface area (Å²) >= 11 is 0. The minimum absolute atomic E-state index is 0.131. The summed E-state index contributed by atoms with van der Waals surface area (Å²) in [6, 6.07) is 0. The number of carboxylic acid groups (broad SMARTS) is 1. The van der Waals surface area contributed by atoms with Crippen molar-refractivity contribution in [1.82, 2.24) is 19.8 Å². The Kier molecular flexibility index (Phi) is 5.87. The molecule has 3 heterocycles. The molecular formula is C16H26N6O3. The molecule has 138 valence electrons. The summed E-state index contributed by atoms with van der Waals surface area (Å²) in [5.41, 5.74) is 0.703. The van der Waals surface area contributed by atoms with Gasteiger partial charge in [0, 0.05) is 13.1 Å². The maximum atomic E-state index is 11.1. The molecule has 1 atom stereocenters. The molecule has 0 aliphatic carbocycles. The topological polar surface area (TPSA) is 104 Å². The summed E-state index contributed by atoms with van der Waals surface area (Å²) in [6.45, 7) is 5.73. The molecule has 2 aliphatic heterocycles. The van der Waals surface area contributed by atoms with Crippen LogP contribution in [0.5, 0.6) is 0 Å². The first-order valence-electron chi connectivity index (χ1n) is 8.86. The standard InChI is InChI=1S/C16H26N6O3/c1-2-3-4-5-17-16-19-14(21-6-8-25-9-7-21)13-15(20-16)22(11-18-13)10-12(23)24/h11,16-17,20H,2-10H2,1H3,(H,23,24). The van der Waals surface area contributed by atoms with Crippen LogP contribution in [0.15, 0.2) is 11.3 Å². The van der Waals surface area contributed by atoms with Crippen molar-refractivity contribution in [3.05, 3.63) is 12.0 Å². The van der Waals surface area contributed by atoms with Crippen LogP contribution >= 0.6 is 0 Å². The van der Waals surface area contributed by atoms with Crippen molar-refractivity contribution in [2.75, 3.05) is 38.2 Å². The Morgan fingerprint density at radius 3 is 2.96 bits per heavy atom. The lowest BCUT2D eigenvalue weighted by Crippen LogP contribution is -2.47. The minimum Gasteiger partial charge on any atom is -0.480 e. The number of fused-ring (bicyclic) bond motifs is 1. The fourth-order valence-corrected chi connectivity index (χ4v) is 3.03. The van der Waals surface area contributed by atoms with Gasteiger partial charge in [0.25, 0.3) is 0 Å². The quantitative estimate of drug-likeness (QED) is 0.616. The molecule has 1 aromatic rings. The van der Waals surface area contributed by atoms with Crippen molar-refractivity contribution in [3.63, 3.8) is 0 Å². The number of morpholine rings is 1. The molecule has 2 aliphatic rings. The summed E-state index contributed by atoms with van der Waals surface area (Å²) in [5.74, 6) is 0.603. The number of hydrogen-bond donors (Lipinski definition) is 3. The number of amidine groups is 1. The van der Waals surface area contributed by atoms with E-state index in [0.29, 0.717) is 24.7 Å². The van der Waals surface area contributed by atoms with Crippen molar-refractivity contribution in [3.8, 4) is 0 Å². The minimum atomic E-state index is -0.898. The molecule has 0 radical (unpaired) electrons. The van der Waals surface area contributed by atoms with Crippen LogP contribution in [0.1, 0.15) is 31.9 Å². The lowest BCUT2D eigenvalue weighted by Gasteiger charge is -2.33. The number of aromatic nitrogens is 2. The van der Waals surface area contributed by atoms with Crippen molar-refractivity contribution < 1.29 is 14.6 Å². The van der Waals surface area contributed by atoms with Gasteiger partial charge in [0.05, 0.1) is 19.5 Å². The number of rotatable bonds is 7. The summed E-state index contributed by atoms with van der Waals surface area (Å²) in [5, 5.41) is 15.8. The largest absolute Gasteiger partial charge is 0.480 e. The number of ether oxygens (including phenoxy) is 1. The number of carbonyl (C=O) groups is 1. The van der Waals surface area contributed by atoms with E-state index in [1.807, 2.05) is 0 Å². The maximum Gasteiger partial charge on any atom is 0.323 e. The Hall–Kier alpha value is -2.13. The zero-order valence-corrected chi connectivity index (χ0v) is 14.6. The molecule has 1 aromatic heterocycles. The van der Waals surface area contributed by atoms with Crippen molar-refractivity contribution >= 4 is 17.6 Å². The van der Waals surface area contributed by atoms with Crippen LogP contribution in [0.3, 0.4) is 0 Å². The van der Waals surface area contributed by atoms with E-state index in [9.17, 15) is 4.79 Å². The normalized spacial score (nSPS) is 20.0. The van der Waals surface area contributed by atoms with Gasteiger partial charge >= 0.3 is 5.97 Å². The van der Waals surface area contributed by atoms with Crippen molar-refractivity contribution in [2.45, 2.75) is 39.0 Å². The number of carboxylic acids is 1. The highest BCUT2D eigenvalue weighted by Crippen LogP contribution is 2.23. The lowest BCUT2D eigenvalue weighted by molar-refractivity contribution is -0.137. The van der Waals surface area contributed by atoms with Gasteiger partial charge in [-0.1, -0.05) is 19.8 Å². The number of aliphatic carboxylic acids is 1. The number of nitrogens with one attached hydrogen (secondary N) is 2. The van der Waals surface area contributed by atoms with Gasteiger partial charge in [0.15, 0.2) is 12.1 Å². The van der Waals surface area contributed by atoms with E-state index in [1.54, 1.807) is 10.9 Å². The molecule has 9 heteroatoms. The Bertz CT molecular complexity index is 623. The van der Waals surface area contributed by atoms with Gasteiger partial charge in [-0.15, -0.1) is 0 Å². The first kappa shape index (κ1) is 17.7. The zero-order chi connectivity index (χ0) is 17.6. The van der Waals surface area contributed by atoms with E-state index < -0.39 is 5.97 Å². The van der Waals surface area contributed by atoms with Crippen LogP contribution in [0, 0.1) is 0 Å². The van der Waals surface area contributed by atoms with Crippen LogP contribution in [0.25, 0.3) is 0 Å². The van der Waals surface area contributed by atoms with E-state index in [0.717, 1.165) is 38.3 Å². The van der Waals surface area contributed by atoms with Gasteiger partial charge < -0.3 is 24.6 Å². The second-order valence-corrected chi connectivity index (χ2v) is 6.22. The van der Waals surface area contributed by atoms with Gasteiger partial charge in [-0.25, -0.2) is 9.98 Å². The number of unbranched alkanes of at least 4 members (excludes halogenated alkanes) is 2. The Morgan fingerprint density at radius 2 is 2.24 bits per heavy atom. The van der Waals surface area contributed by atoms with Gasteiger partial charge in [0.1, 0.15) is 18.1 Å². The third kappa shape index (κ3) is 4.29. The smallest absolute Gasteiger partial charge is 0.323 e. The molecule has 0 amide bonds. The molecular weight excluding hydrogens is 324 g/mol. The van der Waals surface area contributed by atoms with E-state index >= 15 is 0 Å². The van der Waals surface area contributed by atoms with E-state index in [-0.39, 0.29) is 12.8 Å². The highest BCUT2D eigenvalue weighted by molar-refractivity contribution is 6.02. The number of hydrogen-bond acceptors (Lipinski definition) is 7. The second kappa shape index (κ2) is 8.30. The molecule has 3 rings (SSSR count). The molecule has 0 saturated carbocycles. The van der Waals surface area contributed by atoms with Crippen LogP contribution in [-0.4, -0.2) is 70.5 Å². The van der Waals surface area contributed by atoms with Gasteiger partial charge in [-0.3, -0.25) is 10.1 Å². The average Bonchev–Trinajstić information content (AvgIpc) is 3.01. The van der Waals surface area contributed by atoms with Gasteiger partial charge in [-0.2, -0.15) is 0 Å².